The van der Waals surface area contributed by atoms with Gasteiger partial charge in [-0.15, -0.1) is 0 Å². The first-order chi connectivity index (χ1) is 20.5. The lowest BCUT2D eigenvalue weighted by molar-refractivity contribution is -0.137. The molecule has 9 nitrogen and oxygen atoms in total. The Bertz CT molecular complexity index is 1310. The minimum absolute atomic E-state index is 0.163. The maximum Gasteiger partial charge on any atom is 0.434 e. The van der Waals surface area contributed by atoms with Crippen LogP contribution in [0.4, 0.5) is 24.7 Å². The highest BCUT2D eigenvalue weighted by molar-refractivity contribution is 6.02. The molecular formula is C31H39F3N6O3. The second-order valence-electron chi connectivity index (χ2n) is 11.9. The molecular weight excluding hydrogens is 561 g/mol. The molecule has 3 aliphatic heterocycles. The van der Waals surface area contributed by atoms with Crippen LogP contribution in [0.2, 0.25) is 0 Å². The zero-order chi connectivity index (χ0) is 30.6. The summed E-state index contributed by atoms with van der Waals surface area (Å²) in [6, 6.07) is 13.3. The number of rotatable bonds is 8. The van der Waals surface area contributed by atoms with Gasteiger partial charge in [0, 0.05) is 39.3 Å². The van der Waals surface area contributed by atoms with Gasteiger partial charge in [0.2, 0.25) is 11.7 Å². The van der Waals surface area contributed by atoms with E-state index in [1.807, 2.05) is 40.1 Å². The molecule has 1 spiro atoms. The number of likely N-dealkylation sites (tertiary alicyclic amines) is 2. The quantitative estimate of drug-likeness (QED) is 0.340. The predicted octanol–water partition coefficient (Wildman–Crippen LogP) is 4.48. The fourth-order valence-corrected chi connectivity index (χ4v) is 6.26. The number of allylic oxidation sites excluding steroid dienone is 1. The third-order valence-electron chi connectivity index (χ3n) is 8.76. The lowest BCUT2D eigenvalue weighted by atomic mass is 9.77. The van der Waals surface area contributed by atoms with Crippen LogP contribution in [0.5, 0.6) is 0 Å². The number of carbonyl (C=O) groups excluding carboxylic acids is 2. The van der Waals surface area contributed by atoms with Crippen molar-refractivity contribution in [1.29, 1.82) is 0 Å². The van der Waals surface area contributed by atoms with Crippen molar-refractivity contribution in [3.05, 3.63) is 65.7 Å². The van der Waals surface area contributed by atoms with Gasteiger partial charge in [-0.2, -0.15) is 13.2 Å². The number of hydrogen-bond acceptors (Lipinski definition) is 7. The third-order valence-corrected chi connectivity index (χ3v) is 8.76. The molecule has 0 radical (unpaired) electrons. The SMILES string of the molecule is CC1CCCN(CO/C(C(=O)Nc2ccc(N3CCC4(CCN(Cc5ccccc5)C4=O)CC3)nc2)=C(\N)C(F)(F)F)C1. The monoisotopic (exact) mass is 600 g/mol. The zero-order valence-corrected chi connectivity index (χ0v) is 24.4. The van der Waals surface area contributed by atoms with Crippen LogP contribution in [-0.2, 0) is 20.9 Å². The van der Waals surface area contributed by atoms with Crippen LogP contribution in [0.3, 0.4) is 0 Å². The Hall–Kier alpha value is -3.80. The third kappa shape index (κ3) is 7.23. The van der Waals surface area contributed by atoms with E-state index in [1.165, 1.54) is 6.20 Å². The van der Waals surface area contributed by atoms with E-state index in [0.29, 0.717) is 44.5 Å². The maximum atomic E-state index is 13.4. The molecule has 232 valence electrons. The van der Waals surface area contributed by atoms with Crippen LogP contribution in [0, 0.1) is 11.3 Å². The van der Waals surface area contributed by atoms with Crippen molar-refractivity contribution in [3.8, 4) is 0 Å². The molecule has 3 N–H and O–H groups in total. The lowest BCUT2D eigenvalue weighted by Gasteiger charge is -2.38. The molecule has 3 aliphatic rings. The molecule has 2 amide bonds. The molecule has 0 bridgehead atoms. The summed E-state index contributed by atoms with van der Waals surface area (Å²) in [5, 5.41) is 2.44. The summed E-state index contributed by atoms with van der Waals surface area (Å²) in [6.45, 7) is 5.92. The van der Waals surface area contributed by atoms with Crippen molar-refractivity contribution in [2.24, 2.45) is 17.1 Å². The normalized spacial score (nSPS) is 21.6. The minimum Gasteiger partial charge on any atom is -0.470 e. The van der Waals surface area contributed by atoms with Gasteiger partial charge in [-0.1, -0.05) is 37.3 Å². The number of nitrogens with one attached hydrogen (secondary N) is 1. The number of nitrogens with zero attached hydrogens (tertiary/aromatic N) is 4. The first-order valence-electron chi connectivity index (χ1n) is 14.8. The number of amides is 2. The van der Waals surface area contributed by atoms with Crippen molar-refractivity contribution in [2.45, 2.75) is 51.7 Å². The zero-order valence-electron chi connectivity index (χ0n) is 24.4. The summed E-state index contributed by atoms with van der Waals surface area (Å²) in [7, 11) is 0. The molecule has 2 aromatic rings. The van der Waals surface area contributed by atoms with E-state index in [9.17, 15) is 22.8 Å². The Morgan fingerprint density at radius 3 is 2.47 bits per heavy atom. The summed E-state index contributed by atoms with van der Waals surface area (Å²) in [5.74, 6) is -0.782. The number of pyridine rings is 1. The molecule has 3 saturated heterocycles. The van der Waals surface area contributed by atoms with Gasteiger partial charge in [0.25, 0.3) is 5.91 Å². The van der Waals surface area contributed by atoms with Crippen LogP contribution >= 0.6 is 0 Å². The van der Waals surface area contributed by atoms with E-state index in [1.54, 1.807) is 12.1 Å². The molecule has 4 heterocycles. The number of benzene rings is 1. The van der Waals surface area contributed by atoms with Gasteiger partial charge in [0.1, 0.15) is 12.5 Å². The maximum absolute atomic E-state index is 13.4. The number of hydrogen-bond donors (Lipinski definition) is 2. The topological polar surface area (TPSA) is 104 Å². The number of ether oxygens (including phenoxy) is 1. The largest absolute Gasteiger partial charge is 0.470 e. The average molecular weight is 601 g/mol. The van der Waals surface area contributed by atoms with Crippen LogP contribution in [-0.4, -0.2) is 72.2 Å². The Kier molecular flexibility index (Phi) is 9.14. The summed E-state index contributed by atoms with van der Waals surface area (Å²) in [6.07, 6.45) is 0.689. The molecule has 3 fully saturated rings. The highest BCUT2D eigenvalue weighted by atomic mass is 19.4. The van der Waals surface area contributed by atoms with Crippen molar-refractivity contribution < 1.29 is 27.5 Å². The van der Waals surface area contributed by atoms with E-state index in [-0.39, 0.29) is 23.7 Å². The standard InChI is InChI=1S/C31H39F3N6O3/c1-22-6-5-14-38(19-22)21-43-26(27(35)31(32,33)34)28(41)37-24-9-10-25(36-18-24)39-15-11-30(12-16-39)13-17-40(29(30)42)20-23-7-3-2-4-8-23/h2-4,7-10,18,22H,5-6,11-17,19-21,35H2,1H3,(H,37,41)/b27-26-. The van der Waals surface area contributed by atoms with Gasteiger partial charge >= 0.3 is 6.18 Å². The Labute approximate surface area is 249 Å². The number of carbonyl (C=O) groups is 2. The van der Waals surface area contributed by atoms with Gasteiger partial charge in [-0.25, -0.2) is 4.98 Å². The number of aromatic nitrogens is 1. The smallest absolute Gasteiger partial charge is 0.434 e. The molecule has 1 aromatic heterocycles. The van der Waals surface area contributed by atoms with E-state index in [0.717, 1.165) is 44.2 Å². The van der Waals surface area contributed by atoms with E-state index < -0.39 is 23.5 Å². The van der Waals surface area contributed by atoms with Crippen LogP contribution < -0.4 is 16.0 Å². The summed E-state index contributed by atoms with van der Waals surface area (Å²) in [4.78, 5) is 36.6. The predicted molar refractivity (Wildman–Crippen MR) is 156 cm³/mol. The molecule has 0 saturated carbocycles. The number of anilines is 2. The number of halogens is 3. The fraction of sp³-hybridized carbons (Fsp3) is 0.516. The van der Waals surface area contributed by atoms with Gasteiger partial charge in [0.15, 0.2) is 5.70 Å². The van der Waals surface area contributed by atoms with Crippen molar-refractivity contribution in [1.82, 2.24) is 14.8 Å². The summed E-state index contributed by atoms with van der Waals surface area (Å²) >= 11 is 0. The van der Waals surface area contributed by atoms with E-state index in [2.05, 4.69) is 22.1 Å². The van der Waals surface area contributed by atoms with Crippen molar-refractivity contribution in [2.75, 3.05) is 49.7 Å². The highest BCUT2D eigenvalue weighted by Gasteiger charge is 2.48. The molecule has 1 aromatic carbocycles. The minimum atomic E-state index is -4.92. The van der Waals surface area contributed by atoms with Crippen molar-refractivity contribution in [3.63, 3.8) is 0 Å². The Morgan fingerprint density at radius 2 is 1.81 bits per heavy atom. The molecule has 1 unspecified atom stereocenters. The lowest BCUT2D eigenvalue weighted by Crippen LogP contribution is -2.44. The molecule has 5 rings (SSSR count). The summed E-state index contributed by atoms with van der Waals surface area (Å²) < 4.78 is 45.7. The molecule has 43 heavy (non-hydrogen) atoms. The number of alkyl halides is 3. The van der Waals surface area contributed by atoms with Gasteiger partial charge in [0.05, 0.1) is 17.3 Å². The molecule has 1 atom stereocenters. The Balaban J connectivity index is 1.17. The fourth-order valence-electron chi connectivity index (χ4n) is 6.26. The molecule has 12 heteroatoms. The highest BCUT2D eigenvalue weighted by Crippen LogP contribution is 2.42. The first kappa shape index (κ1) is 30.7. The summed E-state index contributed by atoms with van der Waals surface area (Å²) in [5.41, 5.74) is 4.72. The van der Waals surface area contributed by atoms with Gasteiger partial charge in [-0.3, -0.25) is 14.5 Å². The average Bonchev–Trinajstić information content (AvgIpc) is 3.28. The number of piperidine rings is 2. The second kappa shape index (κ2) is 12.8. The van der Waals surface area contributed by atoms with Crippen LogP contribution in [0.15, 0.2) is 60.1 Å². The number of nitrogens with two attached hydrogens (primary N) is 1. The molecule has 0 aliphatic carbocycles. The van der Waals surface area contributed by atoms with Gasteiger partial charge in [-0.05, 0) is 55.7 Å². The van der Waals surface area contributed by atoms with Crippen LogP contribution in [0.25, 0.3) is 0 Å². The van der Waals surface area contributed by atoms with E-state index in [4.69, 9.17) is 10.5 Å². The van der Waals surface area contributed by atoms with Crippen LogP contribution in [0.1, 0.15) is 44.6 Å². The first-order valence-corrected chi connectivity index (χ1v) is 14.8. The van der Waals surface area contributed by atoms with Crippen molar-refractivity contribution >= 4 is 23.3 Å². The van der Waals surface area contributed by atoms with Gasteiger partial charge < -0.3 is 25.6 Å². The van der Waals surface area contributed by atoms with E-state index >= 15 is 0 Å². The Morgan fingerprint density at radius 1 is 1.09 bits per heavy atom. The second-order valence-corrected chi connectivity index (χ2v) is 11.9.